The highest BCUT2D eigenvalue weighted by molar-refractivity contribution is 9.12. The summed E-state index contributed by atoms with van der Waals surface area (Å²) in [6, 6.07) is 1.74. The van der Waals surface area contributed by atoms with Crippen LogP contribution in [0.5, 0.6) is 0 Å². The number of hydrogen-bond donors (Lipinski definition) is 2. The van der Waals surface area contributed by atoms with Crippen LogP contribution in [-0.2, 0) is 0 Å². The van der Waals surface area contributed by atoms with E-state index in [-0.39, 0.29) is 12.5 Å². The van der Waals surface area contributed by atoms with Crippen molar-refractivity contribution in [2.24, 2.45) is 0 Å². The minimum absolute atomic E-state index is 0.189. The van der Waals surface area contributed by atoms with Crippen LogP contribution < -0.4 is 5.32 Å². The topological polar surface area (TPSA) is 49.3 Å². The largest absolute Gasteiger partial charge is 0.389 e. The van der Waals surface area contributed by atoms with E-state index in [0.29, 0.717) is 5.56 Å². The molecule has 6 heteroatoms. The Labute approximate surface area is 109 Å². The molecule has 0 saturated heterocycles. The lowest BCUT2D eigenvalue weighted by Gasteiger charge is -2.17. The lowest BCUT2D eigenvalue weighted by molar-refractivity contribution is 0.0694. The number of carbonyl (C=O) groups excluding carboxylic acids is 1. The first kappa shape index (κ1) is 13.2. The summed E-state index contributed by atoms with van der Waals surface area (Å²) >= 11 is 8.05. The number of rotatable bonds is 3. The van der Waals surface area contributed by atoms with Crippen LogP contribution in [0.15, 0.2) is 13.6 Å². The van der Waals surface area contributed by atoms with Gasteiger partial charge in [0.05, 0.1) is 18.7 Å². The Hall–Kier alpha value is 0.0900. The van der Waals surface area contributed by atoms with Gasteiger partial charge in [0, 0.05) is 6.54 Å². The first-order valence-electron chi connectivity index (χ1n) is 4.25. The van der Waals surface area contributed by atoms with Gasteiger partial charge >= 0.3 is 0 Å². The first-order chi connectivity index (χ1) is 6.79. The Bertz CT molecular complexity index is 371. The first-order valence-corrected chi connectivity index (χ1v) is 6.65. The normalized spacial score (nSPS) is 11.5. The van der Waals surface area contributed by atoms with E-state index in [1.54, 1.807) is 19.9 Å². The Morgan fingerprint density at radius 3 is 2.60 bits per heavy atom. The van der Waals surface area contributed by atoms with Crippen molar-refractivity contribution in [2.75, 3.05) is 6.54 Å². The molecule has 1 amide bonds. The van der Waals surface area contributed by atoms with Gasteiger partial charge in [-0.15, -0.1) is 11.3 Å². The molecule has 1 aromatic rings. The molecule has 0 aliphatic rings. The molecule has 0 aliphatic carbocycles. The second-order valence-corrected chi connectivity index (χ2v) is 7.48. The molecule has 1 rings (SSSR count). The quantitative estimate of drug-likeness (QED) is 0.874. The maximum atomic E-state index is 11.7. The highest BCUT2D eigenvalue weighted by Crippen LogP contribution is 2.31. The van der Waals surface area contributed by atoms with Gasteiger partial charge in [-0.05, 0) is 51.8 Å². The molecule has 0 aliphatic heterocycles. The molecule has 0 radical (unpaired) electrons. The Balaban J connectivity index is 2.66. The van der Waals surface area contributed by atoms with E-state index in [1.807, 2.05) is 0 Å². The van der Waals surface area contributed by atoms with Crippen molar-refractivity contribution in [3.63, 3.8) is 0 Å². The molecule has 84 valence electrons. The van der Waals surface area contributed by atoms with Crippen molar-refractivity contribution in [3.05, 3.63) is 19.2 Å². The lowest BCUT2D eigenvalue weighted by atomic mass is 10.1. The van der Waals surface area contributed by atoms with E-state index in [2.05, 4.69) is 37.2 Å². The van der Waals surface area contributed by atoms with E-state index in [1.165, 1.54) is 11.3 Å². The number of halogens is 2. The van der Waals surface area contributed by atoms with Gasteiger partial charge in [-0.3, -0.25) is 4.79 Å². The van der Waals surface area contributed by atoms with E-state index in [0.717, 1.165) is 7.57 Å². The van der Waals surface area contributed by atoms with Crippen LogP contribution in [0.1, 0.15) is 24.2 Å². The molecule has 0 saturated carbocycles. The number of amides is 1. The summed E-state index contributed by atoms with van der Waals surface area (Å²) in [5.74, 6) is -0.189. The third-order valence-electron chi connectivity index (χ3n) is 1.58. The predicted molar refractivity (Wildman–Crippen MR) is 68.4 cm³/mol. The van der Waals surface area contributed by atoms with Crippen molar-refractivity contribution < 1.29 is 9.90 Å². The van der Waals surface area contributed by atoms with Gasteiger partial charge in [0.2, 0.25) is 0 Å². The number of carbonyl (C=O) groups is 1. The fourth-order valence-corrected chi connectivity index (χ4v) is 3.68. The Kier molecular flexibility index (Phi) is 4.34. The van der Waals surface area contributed by atoms with Crippen LogP contribution in [0.2, 0.25) is 0 Å². The molecular weight excluding hydrogens is 346 g/mol. The highest BCUT2D eigenvalue weighted by atomic mass is 79.9. The van der Waals surface area contributed by atoms with Crippen molar-refractivity contribution in [3.8, 4) is 0 Å². The maximum absolute atomic E-state index is 11.7. The van der Waals surface area contributed by atoms with Crippen LogP contribution in [-0.4, -0.2) is 23.2 Å². The summed E-state index contributed by atoms with van der Waals surface area (Å²) < 4.78 is 1.67. The van der Waals surface area contributed by atoms with Gasteiger partial charge in [-0.2, -0.15) is 0 Å². The minimum Gasteiger partial charge on any atom is -0.389 e. The zero-order valence-corrected chi connectivity index (χ0v) is 12.3. The van der Waals surface area contributed by atoms with Crippen LogP contribution in [0, 0.1) is 0 Å². The molecule has 15 heavy (non-hydrogen) atoms. The molecule has 0 spiro atoms. The lowest BCUT2D eigenvalue weighted by Crippen LogP contribution is -2.38. The number of thiophene rings is 1. The minimum atomic E-state index is -0.893. The Morgan fingerprint density at radius 1 is 1.60 bits per heavy atom. The van der Waals surface area contributed by atoms with E-state index >= 15 is 0 Å². The smallest absolute Gasteiger partial charge is 0.253 e. The van der Waals surface area contributed by atoms with Crippen molar-refractivity contribution in [2.45, 2.75) is 19.4 Å². The Morgan fingerprint density at radius 2 is 2.20 bits per heavy atom. The zero-order chi connectivity index (χ0) is 11.6. The second kappa shape index (κ2) is 4.95. The summed E-state index contributed by atoms with van der Waals surface area (Å²) in [7, 11) is 0. The van der Waals surface area contributed by atoms with E-state index in [4.69, 9.17) is 0 Å². The monoisotopic (exact) mass is 355 g/mol. The van der Waals surface area contributed by atoms with Gasteiger partial charge in [0.1, 0.15) is 0 Å². The van der Waals surface area contributed by atoms with Gasteiger partial charge < -0.3 is 10.4 Å². The summed E-state index contributed by atoms with van der Waals surface area (Å²) in [6.45, 7) is 3.52. The fourth-order valence-electron chi connectivity index (χ4n) is 0.887. The van der Waals surface area contributed by atoms with Gasteiger partial charge in [-0.25, -0.2) is 0 Å². The standard InChI is InChI=1S/C9H11Br2NO2S/c1-9(2,14)4-12-8(13)5-3-6(10)15-7(5)11/h3,14H,4H2,1-2H3,(H,12,13). The van der Waals surface area contributed by atoms with Crippen LogP contribution in [0.25, 0.3) is 0 Å². The molecule has 0 aromatic carbocycles. The van der Waals surface area contributed by atoms with Crippen molar-refractivity contribution >= 4 is 49.1 Å². The summed E-state index contributed by atoms with van der Waals surface area (Å²) in [6.07, 6.45) is 0. The van der Waals surface area contributed by atoms with E-state index in [9.17, 15) is 9.90 Å². The molecule has 1 aromatic heterocycles. The van der Waals surface area contributed by atoms with Crippen molar-refractivity contribution in [1.29, 1.82) is 0 Å². The molecule has 1 heterocycles. The summed E-state index contributed by atoms with van der Waals surface area (Å²) in [4.78, 5) is 11.7. The third-order valence-corrected chi connectivity index (χ3v) is 3.92. The van der Waals surface area contributed by atoms with Gasteiger partial charge in [0.15, 0.2) is 0 Å². The zero-order valence-electron chi connectivity index (χ0n) is 8.30. The van der Waals surface area contributed by atoms with Crippen LogP contribution in [0.3, 0.4) is 0 Å². The van der Waals surface area contributed by atoms with Crippen molar-refractivity contribution in [1.82, 2.24) is 5.32 Å². The number of nitrogens with one attached hydrogen (secondary N) is 1. The molecule has 2 N–H and O–H groups in total. The maximum Gasteiger partial charge on any atom is 0.253 e. The van der Waals surface area contributed by atoms with E-state index < -0.39 is 5.60 Å². The predicted octanol–water partition coefficient (Wildman–Crippen LogP) is 2.77. The molecule has 0 bridgehead atoms. The third kappa shape index (κ3) is 4.22. The van der Waals surface area contributed by atoms with Crippen LogP contribution in [0.4, 0.5) is 0 Å². The SMILES string of the molecule is CC(C)(O)CNC(=O)c1cc(Br)sc1Br. The van der Waals surface area contributed by atoms with Gasteiger partial charge in [0.25, 0.3) is 5.91 Å². The highest BCUT2D eigenvalue weighted by Gasteiger charge is 2.17. The molecule has 0 unspecified atom stereocenters. The average molecular weight is 357 g/mol. The molecular formula is C9H11Br2NO2S. The number of hydrogen-bond acceptors (Lipinski definition) is 3. The van der Waals surface area contributed by atoms with Crippen LogP contribution >= 0.6 is 43.2 Å². The second-order valence-electron chi connectivity index (χ2n) is 3.73. The average Bonchev–Trinajstić information content (AvgIpc) is 2.40. The summed E-state index contributed by atoms with van der Waals surface area (Å²) in [5.41, 5.74) is -0.314. The fraction of sp³-hybridized carbons (Fsp3) is 0.444. The van der Waals surface area contributed by atoms with Gasteiger partial charge in [-0.1, -0.05) is 0 Å². The molecule has 0 fully saturated rings. The summed E-state index contributed by atoms with van der Waals surface area (Å²) in [5, 5.41) is 12.1. The number of aliphatic hydroxyl groups is 1. The molecule has 3 nitrogen and oxygen atoms in total. The molecule has 0 atom stereocenters.